The summed E-state index contributed by atoms with van der Waals surface area (Å²) in [4.78, 5) is 6.33. The Kier molecular flexibility index (Phi) is 5.48. The molecule has 0 aliphatic rings. The van der Waals surface area contributed by atoms with Crippen LogP contribution in [0.25, 0.3) is 0 Å². The first kappa shape index (κ1) is 13.5. The first-order chi connectivity index (χ1) is 8.17. The summed E-state index contributed by atoms with van der Waals surface area (Å²) in [6, 6.07) is 0. The third-order valence-corrected chi connectivity index (χ3v) is 2.63. The van der Waals surface area contributed by atoms with Crippen LogP contribution in [-0.4, -0.2) is 45.1 Å². The summed E-state index contributed by atoms with van der Waals surface area (Å²) in [7, 11) is 0. The fourth-order valence-electron chi connectivity index (χ4n) is 1.74. The van der Waals surface area contributed by atoms with Gasteiger partial charge in [0.2, 0.25) is 0 Å². The Labute approximate surface area is 102 Å². The molecule has 6 nitrogen and oxygen atoms in total. The van der Waals surface area contributed by atoms with Crippen LogP contribution in [0.2, 0.25) is 0 Å². The van der Waals surface area contributed by atoms with Gasteiger partial charge in [-0.1, -0.05) is 12.1 Å². The SMILES string of the molecule is CCCN(CCn1ccnc1C)CC(N)=NO. The second-order valence-corrected chi connectivity index (χ2v) is 4.04. The maximum Gasteiger partial charge on any atom is 0.153 e. The number of amidine groups is 1. The van der Waals surface area contributed by atoms with E-state index in [0.717, 1.165) is 31.9 Å². The van der Waals surface area contributed by atoms with E-state index in [1.165, 1.54) is 0 Å². The lowest BCUT2D eigenvalue weighted by Crippen LogP contribution is -2.36. The summed E-state index contributed by atoms with van der Waals surface area (Å²) in [6.07, 6.45) is 4.80. The molecule has 96 valence electrons. The maximum absolute atomic E-state index is 8.57. The average molecular weight is 239 g/mol. The van der Waals surface area contributed by atoms with Crippen LogP contribution in [0.15, 0.2) is 17.5 Å². The highest BCUT2D eigenvalue weighted by atomic mass is 16.4. The van der Waals surface area contributed by atoms with Gasteiger partial charge >= 0.3 is 0 Å². The standard InChI is InChI=1S/C11H21N5O/c1-3-5-15(9-11(12)14-17)7-8-16-6-4-13-10(16)2/h4,6,17H,3,5,7-9H2,1-2H3,(H2,12,14). The first-order valence-electron chi connectivity index (χ1n) is 5.83. The van der Waals surface area contributed by atoms with E-state index in [4.69, 9.17) is 10.9 Å². The predicted molar refractivity (Wildman–Crippen MR) is 67.1 cm³/mol. The molecule has 0 atom stereocenters. The summed E-state index contributed by atoms with van der Waals surface area (Å²) in [5, 5.41) is 11.6. The molecule has 0 aromatic carbocycles. The fraction of sp³-hybridized carbons (Fsp3) is 0.636. The molecule has 0 fully saturated rings. The van der Waals surface area contributed by atoms with E-state index >= 15 is 0 Å². The molecule has 1 aromatic rings. The molecule has 1 rings (SSSR count). The van der Waals surface area contributed by atoms with Crippen LogP contribution in [0.5, 0.6) is 0 Å². The van der Waals surface area contributed by atoms with Crippen LogP contribution in [0.3, 0.4) is 0 Å². The van der Waals surface area contributed by atoms with Crippen LogP contribution in [0, 0.1) is 6.92 Å². The molecule has 0 spiro atoms. The van der Waals surface area contributed by atoms with Crippen molar-refractivity contribution in [1.82, 2.24) is 14.5 Å². The van der Waals surface area contributed by atoms with E-state index in [-0.39, 0.29) is 5.84 Å². The highest BCUT2D eigenvalue weighted by Crippen LogP contribution is 1.98. The zero-order chi connectivity index (χ0) is 12.7. The van der Waals surface area contributed by atoms with Gasteiger partial charge in [0.25, 0.3) is 0 Å². The number of rotatable bonds is 7. The zero-order valence-electron chi connectivity index (χ0n) is 10.5. The molecular formula is C11H21N5O. The van der Waals surface area contributed by atoms with Crippen LogP contribution >= 0.6 is 0 Å². The van der Waals surface area contributed by atoms with Crippen molar-refractivity contribution in [2.75, 3.05) is 19.6 Å². The molecule has 3 N–H and O–H groups in total. The Hall–Kier alpha value is -1.56. The van der Waals surface area contributed by atoms with E-state index in [9.17, 15) is 0 Å². The molecular weight excluding hydrogens is 218 g/mol. The van der Waals surface area contributed by atoms with Gasteiger partial charge in [-0.05, 0) is 19.9 Å². The van der Waals surface area contributed by atoms with Crippen molar-refractivity contribution in [2.45, 2.75) is 26.8 Å². The average Bonchev–Trinajstić information content (AvgIpc) is 2.72. The monoisotopic (exact) mass is 239 g/mol. The van der Waals surface area contributed by atoms with Gasteiger partial charge in [-0.25, -0.2) is 4.98 Å². The number of oxime groups is 1. The molecule has 1 aromatic heterocycles. The molecule has 0 unspecified atom stereocenters. The summed E-state index contributed by atoms with van der Waals surface area (Å²) in [5.74, 6) is 1.26. The molecule has 17 heavy (non-hydrogen) atoms. The van der Waals surface area contributed by atoms with E-state index in [1.807, 2.05) is 13.1 Å². The molecule has 0 saturated heterocycles. The number of hydrogen-bond donors (Lipinski definition) is 2. The quantitative estimate of drug-likeness (QED) is 0.317. The Morgan fingerprint density at radius 2 is 2.35 bits per heavy atom. The van der Waals surface area contributed by atoms with Gasteiger partial charge in [0.15, 0.2) is 5.84 Å². The Morgan fingerprint density at radius 1 is 1.59 bits per heavy atom. The Morgan fingerprint density at radius 3 is 2.88 bits per heavy atom. The minimum absolute atomic E-state index is 0.251. The normalized spacial score (nSPS) is 12.3. The van der Waals surface area contributed by atoms with Gasteiger partial charge in [-0.2, -0.15) is 0 Å². The van der Waals surface area contributed by atoms with E-state index in [0.29, 0.717) is 6.54 Å². The van der Waals surface area contributed by atoms with Crippen LogP contribution in [-0.2, 0) is 6.54 Å². The molecule has 0 saturated carbocycles. The third kappa shape index (κ3) is 4.44. The first-order valence-corrected chi connectivity index (χ1v) is 5.83. The number of nitrogens with two attached hydrogens (primary N) is 1. The van der Waals surface area contributed by atoms with Crippen molar-refractivity contribution >= 4 is 5.84 Å². The van der Waals surface area contributed by atoms with Gasteiger partial charge in [-0.15, -0.1) is 0 Å². The van der Waals surface area contributed by atoms with Gasteiger partial charge < -0.3 is 15.5 Å². The minimum atomic E-state index is 0.251. The fourth-order valence-corrected chi connectivity index (χ4v) is 1.74. The van der Waals surface area contributed by atoms with Crippen LogP contribution in [0.4, 0.5) is 0 Å². The maximum atomic E-state index is 8.57. The smallest absolute Gasteiger partial charge is 0.153 e. The van der Waals surface area contributed by atoms with E-state index in [1.54, 1.807) is 6.20 Å². The summed E-state index contributed by atoms with van der Waals surface area (Å²) < 4.78 is 2.09. The topological polar surface area (TPSA) is 79.7 Å². The number of aryl methyl sites for hydroxylation is 1. The number of imidazole rings is 1. The molecule has 1 heterocycles. The van der Waals surface area contributed by atoms with Crippen molar-refractivity contribution in [2.24, 2.45) is 10.9 Å². The number of aromatic nitrogens is 2. The van der Waals surface area contributed by atoms with Gasteiger partial charge in [-0.3, -0.25) is 4.90 Å². The summed E-state index contributed by atoms with van der Waals surface area (Å²) in [6.45, 7) is 7.25. The van der Waals surface area contributed by atoms with Crippen molar-refractivity contribution < 1.29 is 5.21 Å². The molecule has 6 heteroatoms. The van der Waals surface area contributed by atoms with E-state index in [2.05, 4.69) is 26.5 Å². The molecule has 0 amide bonds. The summed E-state index contributed by atoms with van der Waals surface area (Å²) >= 11 is 0. The largest absolute Gasteiger partial charge is 0.409 e. The highest BCUT2D eigenvalue weighted by Gasteiger charge is 2.07. The van der Waals surface area contributed by atoms with Crippen LogP contribution < -0.4 is 5.73 Å². The Balaban J connectivity index is 2.47. The number of hydrogen-bond acceptors (Lipinski definition) is 4. The lowest BCUT2D eigenvalue weighted by molar-refractivity contribution is 0.282. The van der Waals surface area contributed by atoms with Crippen molar-refractivity contribution in [1.29, 1.82) is 0 Å². The number of nitrogens with zero attached hydrogens (tertiary/aromatic N) is 4. The van der Waals surface area contributed by atoms with Gasteiger partial charge in [0, 0.05) is 25.5 Å². The molecule has 0 radical (unpaired) electrons. The summed E-state index contributed by atoms with van der Waals surface area (Å²) in [5.41, 5.74) is 5.52. The lowest BCUT2D eigenvalue weighted by Gasteiger charge is -2.21. The predicted octanol–water partition coefficient (Wildman–Crippen LogP) is 0.650. The lowest BCUT2D eigenvalue weighted by atomic mass is 10.3. The second-order valence-electron chi connectivity index (χ2n) is 4.04. The minimum Gasteiger partial charge on any atom is -0.409 e. The Bertz CT molecular complexity index is 360. The highest BCUT2D eigenvalue weighted by molar-refractivity contribution is 5.81. The van der Waals surface area contributed by atoms with Crippen molar-refractivity contribution in [3.8, 4) is 0 Å². The van der Waals surface area contributed by atoms with Crippen LogP contribution in [0.1, 0.15) is 19.2 Å². The molecule has 0 bridgehead atoms. The van der Waals surface area contributed by atoms with Crippen molar-refractivity contribution in [3.05, 3.63) is 18.2 Å². The van der Waals surface area contributed by atoms with E-state index < -0.39 is 0 Å². The van der Waals surface area contributed by atoms with Crippen molar-refractivity contribution in [3.63, 3.8) is 0 Å². The second kappa shape index (κ2) is 6.90. The third-order valence-electron chi connectivity index (χ3n) is 2.63. The van der Waals surface area contributed by atoms with Gasteiger partial charge in [0.05, 0.1) is 6.54 Å². The molecule has 0 aliphatic carbocycles. The molecule has 0 aliphatic heterocycles. The van der Waals surface area contributed by atoms with Gasteiger partial charge in [0.1, 0.15) is 5.82 Å². The zero-order valence-corrected chi connectivity index (χ0v) is 10.5.